The molecule has 2 unspecified atom stereocenters. The number of ether oxygens (including phenoxy) is 1. The highest BCUT2D eigenvalue weighted by atomic mass is 16.5. The van der Waals surface area contributed by atoms with E-state index in [1.165, 1.54) is 13.1 Å². The van der Waals surface area contributed by atoms with Gasteiger partial charge >= 0.3 is 0 Å². The van der Waals surface area contributed by atoms with Crippen LogP contribution in [0.3, 0.4) is 0 Å². The van der Waals surface area contributed by atoms with Gasteiger partial charge in [-0.2, -0.15) is 0 Å². The number of nitrogens with zero attached hydrogens (tertiary/aromatic N) is 4. The molecule has 21 heavy (non-hydrogen) atoms. The van der Waals surface area contributed by atoms with Crippen LogP contribution in [0.4, 0.5) is 5.82 Å². The van der Waals surface area contributed by atoms with E-state index >= 15 is 0 Å². The highest BCUT2D eigenvalue weighted by Gasteiger charge is 2.40. The maximum atomic E-state index is 5.18. The van der Waals surface area contributed by atoms with Crippen LogP contribution in [0.1, 0.15) is 25.5 Å². The van der Waals surface area contributed by atoms with Gasteiger partial charge in [0.25, 0.3) is 0 Å². The summed E-state index contributed by atoms with van der Waals surface area (Å²) in [5.41, 5.74) is 1.14. The van der Waals surface area contributed by atoms with E-state index < -0.39 is 0 Å². The Morgan fingerprint density at radius 3 is 2.52 bits per heavy atom. The predicted molar refractivity (Wildman–Crippen MR) is 83.6 cm³/mol. The quantitative estimate of drug-likeness (QED) is 0.824. The van der Waals surface area contributed by atoms with Crippen molar-refractivity contribution in [2.45, 2.75) is 19.8 Å². The van der Waals surface area contributed by atoms with Crippen LogP contribution < -0.4 is 4.90 Å². The minimum absolute atomic E-state index is 0.457. The Morgan fingerprint density at radius 2 is 1.90 bits per heavy atom. The Morgan fingerprint density at radius 1 is 1.19 bits per heavy atom. The maximum absolute atomic E-state index is 5.18. The largest absolute Gasteiger partial charge is 0.383 e. The lowest BCUT2D eigenvalue weighted by molar-refractivity contribution is 0.157. The van der Waals surface area contributed by atoms with Gasteiger partial charge < -0.3 is 14.5 Å². The number of anilines is 1. The number of hydrogen-bond donors (Lipinski definition) is 0. The molecule has 2 fully saturated rings. The van der Waals surface area contributed by atoms with Crippen molar-refractivity contribution < 1.29 is 4.74 Å². The first-order valence-corrected chi connectivity index (χ1v) is 7.95. The zero-order chi connectivity index (χ0) is 14.8. The lowest BCUT2D eigenvalue weighted by Crippen LogP contribution is -2.31. The molecule has 0 spiro atoms. The number of aromatic nitrogens is 2. The van der Waals surface area contributed by atoms with E-state index in [0.29, 0.717) is 5.92 Å². The average Bonchev–Trinajstić information content (AvgIpc) is 3.03. The van der Waals surface area contributed by atoms with Crippen molar-refractivity contribution in [2.75, 3.05) is 51.3 Å². The fourth-order valence-corrected chi connectivity index (χ4v) is 3.53. The highest BCUT2D eigenvalue weighted by molar-refractivity contribution is 5.41. The first-order chi connectivity index (χ1) is 10.2. The third kappa shape index (κ3) is 3.19. The monoisotopic (exact) mass is 290 g/mol. The Kier molecular flexibility index (Phi) is 4.40. The molecule has 1 aromatic heterocycles. The first-order valence-electron chi connectivity index (χ1n) is 7.95. The van der Waals surface area contributed by atoms with E-state index in [9.17, 15) is 0 Å². The highest BCUT2D eigenvalue weighted by Crippen LogP contribution is 2.33. The second kappa shape index (κ2) is 6.28. The molecule has 0 saturated carbocycles. The molecule has 2 saturated heterocycles. The molecule has 116 valence electrons. The van der Waals surface area contributed by atoms with Gasteiger partial charge in [0.2, 0.25) is 0 Å². The van der Waals surface area contributed by atoms with Gasteiger partial charge in [0.05, 0.1) is 6.61 Å². The number of likely N-dealkylation sites (tertiary alicyclic amines) is 1. The molecule has 2 atom stereocenters. The molecule has 2 aliphatic heterocycles. The van der Waals surface area contributed by atoms with Crippen molar-refractivity contribution in [3.8, 4) is 0 Å². The van der Waals surface area contributed by atoms with Crippen molar-refractivity contribution in [2.24, 2.45) is 11.8 Å². The van der Waals surface area contributed by atoms with Crippen LogP contribution in [-0.4, -0.2) is 61.3 Å². The van der Waals surface area contributed by atoms with Crippen LogP contribution in [0, 0.1) is 11.8 Å². The SMILES string of the molecule is COCCN1CC2CN(c3cc(C(C)C)ncn3)CC2C1. The second-order valence-corrected chi connectivity index (χ2v) is 6.63. The van der Waals surface area contributed by atoms with E-state index in [4.69, 9.17) is 4.74 Å². The molecule has 3 heterocycles. The fraction of sp³-hybridized carbons (Fsp3) is 0.750. The van der Waals surface area contributed by atoms with Crippen LogP contribution in [0.5, 0.6) is 0 Å². The molecule has 0 N–H and O–H groups in total. The molecule has 0 aliphatic carbocycles. The minimum atomic E-state index is 0.457. The third-order valence-electron chi connectivity index (χ3n) is 4.76. The molecular formula is C16H26N4O. The van der Waals surface area contributed by atoms with E-state index in [-0.39, 0.29) is 0 Å². The van der Waals surface area contributed by atoms with E-state index in [1.54, 1.807) is 13.4 Å². The van der Waals surface area contributed by atoms with Crippen LogP contribution in [-0.2, 0) is 4.74 Å². The van der Waals surface area contributed by atoms with Gasteiger partial charge in [0.1, 0.15) is 12.1 Å². The topological polar surface area (TPSA) is 41.5 Å². The summed E-state index contributed by atoms with van der Waals surface area (Å²) in [4.78, 5) is 13.8. The lowest BCUT2D eigenvalue weighted by Gasteiger charge is -2.22. The Bertz CT molecular complexity index is 465. The molecule has 2 aliphatic rings. The van der Waals surface area contributed by atoms with E-state index in [1.807, 2.05) is 0 Å². The normalized spacial score (nSPS) is 25.8. The van der Waals surface area contributed by atoms with Gasteiger partial charge in [-0.05, 0) is 17.8 Å². The second-order valence-electron chi connectivity index (χ2n) is 6.63. The predicted octanol–water partition coefficient (Wildman–Crippen LogP) is 1.61. The Hall–Kier alpha value is -1.20. The molecule has 1 aromatic rings. The zero-order valence-corrected chi connectivity index (χ0v) is 13.3. The standard InChI is InChI=1S/C16H26N4O/c1-12(2)15-6-16(18-11-17-15)20-9-13-7-19(4-5-21-3)8-14(13)10-20/h6,11-14H,4-5,7-10H2,1-3H3. The molecule has 5 nitrogen and oxygen atoms in total. The summed E-state index contributed by atoms with van der Waals surface area (Å²) in [6, 6.07) is 2.16. The Balaban J connectivity index is 1.61. The summed E-state index contributed by atoms with van der Waals surface area (Å²) < 4.78 is 5.18. The van der Waals surface area contributed by atoms with Gasteiger partial charge in [-0.3, -0.25) is 0 Å². The molecule has 3 rings (SSSR count). The molecular weight excluding hydrogens is 264 g/mol. The molecule has 0 bridgehead atoms. The number of hydrogen-bond acceptors (Lipinski definition) is 5. The van der Waals surface area contributed by atoms with Crippen molar-refractivity contribution in [3.63, 3.8) is 0 Å². The van der Waals surface area contributed by atoms with Gasteiger partial charge in [-0.1, -0.05) is 13.8 Å². The van der Waals surface area contributed by atoms with Crippen LogP contribution in [0.15, 0.2) is 12.4 Å². The third-order valence-corrected chi connectivity index (χ3v) is 4.76. The minimum Gasteiger partial charge on any atom is -0.383 e. The van der Waals surface area contributed by atoms with Gasteiger partial charge in [-0.15, -0.1) is 0 Å². The molecule has 5 heteroatoms. The molecule has 0 radical (unpaired) electrons. The van der Waals surface area contributed by atoms with Gasteiger partial charge in [0, 0.05) is 51.6 Å². The smallest absolute Gasteiger partial charge is 0.132 e. The Labute approximate surface area is 127 Å². The summed E-state index contributed by atoms with van der Waals surface area (Å²) >= 11 is 0. The average molecular weight is 290 g/mol. The van der Waals surface area contributed by atoms with Crippen molar-refractivity contribution in [1.82, 2.24) is 14.9 Å². The summed E-state index contributed by atoms with van der Waals surface area (Å²) in [6.07, 6.45) is 1.71. The molecule has 0 aromatic carbocycles. The summed E-state index contributed by atoms with van der Waals surface area (Å²) in [7, 11) is 1.78. The van der Waals surface area contributed by atoms with Crippen molar-refractivity contribution >= 4 is 5.82 Å². The molecule has 0 amide bonds. The van der Waals surface area contributed by atoms with Crippen LogP contribution in [0.2, 0.25) is 0 Å². The van der Waals surface area contributed by atoms with E-state index in [2.05, 4.69) is 39.7 Å². The fourth-order valence-electron chi connectivity index (χ4n) is 3.53. The van der Waals surface area contributed by atoms with Crippen LogP contribution in [0.25, 0.3) is 0 Å². The van der Waals surface area contributed by atoms with Crippen LogP contribution >= 0.6 is 0 Å². The first kappa shape index (κ1) is 14.7. The van der Waals surface area contributed by atoms with Gasteiger partial charge in [0.15, 0.2) is 0 Å². The lowest BCUT2D eigenvalue weighted by atomic mass is 10.0. The summed E-state index contributed by atoms with van der Waals surface area (Å²) in [6.45, 7) is 10.9. The summed E-state index contributed by atoms with van der Waals surface area (Å²) in [5.74, 6) is 3.11. The zero-order valence-electron chi connectivity index (χ0n) is 13.3. The van der Waals surface area contributed by atoms with E-state index in [0.717, 1.165) is 49.6 Å². The number of fused-ring (bicyclic) bond motifs is 1. The summed E-state index contributed by atoms with van der Waals surface area (Å²) in [5, 5.41) is 0. The number of rotatable bonds is 5. The maximum Gasteiger partial charge on any atom is 0.132 e. The number of methoxy groups -OCH3 is 1. The van der Waals surface area contributed by atoms with Gasteiger partial charge in [-0.25, -0.2) is 9.97 Å². The van der Waals surface area contributed by atoms with Crippen molar-refractivity contribution in [1.29, 1.82) is 0 Å². The van der Waals surface area contributed by atoms with Crippen molar-refractivity contribution in [3.05, 3.63) is 18.1 Å².